The normalized spacial score (nSPS) is 14.1. The Balaban J connectivity index is 3.54. The molecule has 0 aliphatic carbocycles. The maximum Gasteiger partial charge on any atom is 0.249 e. The summed E-state index contributed by atoms with van der Waals surface area (Å²) < 4.78 is 0. The van der Waals surface area contributed by atoms with Crippen LogP contribution in [-0.2, 0) is 4.79 Å². The fourth-order valence-corrected chi connectivity index (χ4v) is 7.64. The molecule has 0 aliphatic rings. The van der Waals surface area contributed by atoms with Gasteiger partial charge in [0.05, 0.1) is 18.8 Å². The van der Waals surface area contributed by atoms with Gasteiger partial charge >= 0.3 is 0 Å². The van der Waals surface area contributed by atoms with Crippen LogP contribution < -0.4 is 5.32 Å². The van der Waals surface area contributed by atoms with Gasteiger partial charge in [0.15, 0.2) is 0 Å². The molecule has 322 valence electrons. The molecule has 0 saturated carbocycles. The number of rotatable bonds is 44. The average Bonchev–Trinajstić information content (AvgIpc) is 3.18. The molecule has 0 rings (SSSR count). The number of allylic oxidation sites excluding steroid dienone is 2. The molecule has 6 nitrogen and oxygen atoms in total. The number of amides is 1. The van der Waals surface area contributed by atoms with E-state index < -0.39 is 36.9 Å². The lowest BCUT2D eigenvalue weighted by molar-refractivity contribution is -0.132. The van der Waals surface area contributed by atoms with Crippen LogP contribution in [0.4, 0.5) is 0 Å². The van der Waals surface area contributed by atoms with Crippen LogP contribution >= 0.6 is 0 Å². The predicted molar refractivity (Wildman–Crippen MR) is 233 cm³/mol. The summed E-state index contributed by atoms with van der Waals surface area (Å²) in [5.41, 5.74) is 0. The minimum atomic E-state index is -1.28. The van der Waals surface area contributed by atoms with Gasteiger partial charge in [0.1, 0.15) is 12.2 Å². The number of hydrogen-bond acceptors (Lipinski definition) is 5. The van der Waals surface area contributed by atoms with Crippen LogP contribution in [0, 0.1) is 0 Å². The molecule has 4 atom stereocenters. The first-order valence-corrected chi connectivity index (χ1v) is 24.1. The number of aliphatic hydroxyl groups excluding tert-OH is 4. The molecule has 0 aliphatic heterocycles. The van der Waals surface area contributed by atoms with Crippen molar-refractivity contribution in [3.63, 3.8) is 0 Å². The van der Waals surface area contributed by atoms with Gasteiger partial charge in [0.2, 0.25) is 5.91 Å². The SMILES string of the molecule is CCCCCC/C=C/CCCC(O)C(O)C(CO)NC(=O)C(O)CCCCCCCCCCCCCCCCCCCCCCCCCCCCCCC. The third-order valence-electron chi connectivity index (χ3n) is 11.5. The van der Waals surface area contributed by atoms with Crippen molar-refractivity contribution < 1.29 is 25.2 Å². The minimum absolute atomic E-state index is 0.368. The monoisotopic (exact) mass is 766 g/mol. The van der Waals surface area contributed by atoms with Gasteiger partial charge in [-0.3, -0.25) is 4.79 Å². The summed E-state index contributed by atoms with van der Waals surface area (Å²) in [5, 5.41) is 43.5. The third-order valence-corrected chi connectivity index (χ3v) is 11.5. The van der Waals surface area contributed by atoms with Crippen molar-refractivity contribution in [3.05, 3.63) is 12.2 Å². The Labute approximate surface area is 336 Å². The zero-order valence-electron chi connectivity index (χ0n) is 36.2. The number of carbonyl (C=O) groups excluding carboxylic acids is 1. The summed E-state index contributed by atoms with van der Waals surface area (Å²) in [5.74, 6) is -0.591. The van der Waals surface area contributed by atoms with Gasteiger partial charge < -0.3 is 25.7 Å². The van der Waals surface area contributed by atoms with Crippen molar-refractivity contribution in [2.75, 3.05) is 6.61 Å². The van der Waals surface area contributed by atoms with Crippen molar-refractivity contribution in [2.45, 2.75) is 282 Å². The van der Waals surface area contributed by atoms with Gasteiger partial charge in [-0.15, -0.1) is 0 Å². The van der Waals surface area contributed by atoms with Crippen LogP contribution in [0.2, 0.25) is 0 Å². The van der Waals surface area contributed by atoms with E-state index in [1.54, 1.807) is 0 Å². The van der Waals surface area contributed by atoms with Gasteiger partial charge in [0, 0.05) is 0 Å². The van der Waals surface area contributed by atoms with Gasteiger partial charge in [0.25, 0.3) is 0 Å². The number of aliphatic hydroxyl groups is 4. The Bertz CT molecular complexity index is 776. The molecule has 0 spiro atoms. The highest BCUT2D eigenvalue weighted by atomic mass is 16.3. The molecule has 0 saturated heterocycles. The number of unbranched alkanes of at least 4 members (excludes halogenated alkanes) is 33. The molecule has 0 fully saturated rings. The van der Waals surface area contributed by atoms with Gasteiger partial charge in [-0.2, -0.15) is 0 Å². The molecule has 4 unspecified atom stereocenters. The van der Waals surface area contributed by atoms with E-state index in [0.29, 0.717) is 12.8 Å². The van der Waals surface area contributed by atoms with E-state index in [2.05, 4.69) is 31.3 Å². The zero-order chi connectivity index (χ0) is 39.6. The molecule has 0 heterocycles. The summed E-state index contributed by atoms with van der Waals surface area (Å²) >= 11 is 0. The van der Waals surface area contributed by atoms with Crippen molar-refractivity contribution in [3.8, 4) is 0 Å². The first kappa shape index (κ1) is 53.0. The first-order chi connectivity index (χ1) is 26.5. The molecule has 0 aromatic rings. The van der Waals surface area contributed by atoms with Gasteiger partial charge in [-0.25, -0.2) is 0 Å². The molecule has 0 radical (unpaired) electrons. The Morgan fingerprint density at radius 3 is 1.11 bits per heavy atom. The Kier molecular flexibility index (Phi) is 42.4. The van der Waals surface area contributed by atoms with Crippen LogP contribution in [0.15, 0.2) is 12.2 Å². The Morgan fingerprint density at radius 2 is 0.759 bits per heavy atom. The molecule has 0 bridgehead atoms. The van der Waals surface area contributed by atoms with E-state index in [-0.39, 0.29) is 0 Å². The fourth-order valence-electron chi connectivity index (χ4n) is 7.64. The molecule has 1 amide bonds. The summed E-state index contributed by atoms with van der Waals surface area (Å²) in [6.45, 7) is 4.01. The zero-order valence-corrected chi connectivity index (χ0v) is 36.2. The highest BCUT2D eigenvalue weighted by Crippen LogP contribution is 2.17. The van der Waals surface area contributed by atoms with Crippen molar-refractivity contribution >= 4 is 5.91 Å². The Hall–Kier alpha value is -0.950. The maximum atomic E-state index is 12.5. The van der Waals surface area contributed by atoms with Crippen LogP contribution in [0.3, 0.4) is 0 Å². The third kappa shape index (κ3) is 36.7. The second-order valence-electron chi connectivity index (χ2n) is 16.8. The molecular formula is C48H95NO5. The summed E-state index contributed by atoms with van der Waals surface area (Å²) in [6.07, 6.45) is 48.6. The fraction of sp³-hybridized carbons (Fsp3) is 0.938. The lowest BCUT2D eigenvalue weighted by atomic mass is 10.00. The summed E-state index contributed by atoms with van der Waals surface area (Å²) in [4.78, 5) is 12.5. The van der Waals surface area contributed by atoms with E-state index in [0.717, 1.165) is 38.5 Å². The molecular weight excluding hydrogens is 671 g/mol. The summed E-state index contributed by atoms with van der Waals surface area (Å²) in [7, 11) is 0. The molecule has 54 heavy (non-hydrogen) atoms. The average molecular weight is 766 g/mol. The second kappa shape index (κ2) is 43.2. The quantitative estimate of drug-likeness (QED) is 0.0313. The standard InChI is InChI=1S/C48H95NO5/c1-3-5-7-9-11-13-14-15-16-17-18-19-20-21-22-23-24-25-26-27-28-29-30-31-32-34-36-38-40-42-46(52)48(54)49-44(43-50)47(53)45(51)41-39-37-35-33-12-10-8-6-4-2/h33,35,44-47,50-53H,3-32,34,36-43H2,1-2H3,(H,49,54)/b35-33+. The topological polar surface area (TPSA) is 110 Å². The molecule has 0 aromatic carbocycles. The second-order valence-corrected chi connectivity index (χ2v) is 16.8. The molecule has 5 N–H and O–H groups in total. The smallest absolute Gasteiger partial charge is 0.249 e. The largest absolute Gasteiger partial charge is 0.394 e. The van der Waals surface area contributed by atoms with E-state index in [1.807, 2.05) is 0 Å². The number of carbonyl (C=O) groups is 1. The predicted octanol–water partition coefficient (Wildman–Crippen LogP) is 13.0. The van der Waals surface area contributed by atoms with Gasteiger partial charge in [-0.1, -0.05) is 231 Å². The minimum Gasteiger partial charge on any atom is -0.394 e. The highest BCUT2D eigenvalue weighted by Gasteiger charge is 2.28. The lowest BCUT2D eigenvalue weighted by Crippen LogP contribution is -2.53. The van der Waals surface area contributed by atoms with E-state index >= 15 is 0 Å². The molecule has 0 aromatic heterocycles. The van der Waals surface area contributed by atoms with Crippen molar-refractivity contribution in [2.24, 2.45) is 0 Å². The number of hydrogen-bond donors (Lipinski definition) is 5. The highest BCUT2D eigenvalue weighted by molar-refractivity contribution is 5.80. The first-order valence-electron chi connectivity index (χ1n) is 24.1. The van der Waals surface area contributed by atoms with Gasteiger partial charge in [-0.05, 0) is 38.5 Å². The van der Waals surface area contributed by atoms with Crippen LogP contribution in [0.25, 0.3) is 0 Å². The van der Waals surface area contributed by atoms with Crippen LogP contribution in [-0.4, -0.2) is 57.3 Å². The molecule has 6 heteroatoms. The maximum absolute atomic E-state index is 12.5. The Morgan fingerprint density at radius 1 is 0.444 bits per heavy atom. The van der Waals surface area contributed by atoms with Crippen LogP contribution in [0.5, 0.6) is 0 Å². The summed E-state index contributed by atoms with van der Waals surface area (Å²) in [6, 6.07) is -0.996. The lowest BCUT2D eigenvalue weighted by Gasteiger charge is -2.27. The number of nitrogens with one attached hydrogen (secondary N) is 1. The van der Waals surface area contributed by atoms with E-state index in [1.165, 1.54) is 193 Å². The van der Waals surface area contributed by atoms with Crippen molar-refractivity contribution in [1.82, 2.24) is 5.32 Å². The van der Waals surface area contributed by atoms with Crippen molar-refractivity contribution in [1.29, 1.82) is 0 Å². The van der Waals surface area contributed by atoms with Crippen LogP contribution in [0.1, 0.15) is 258 Å². The van der Waals surface area contributed by atoms with E-state index in [4.69, 9.17) is 0 Å². The van der Waals surface area contributed by atoms with E-state index in [9.17, 15) is 25.2 Å².